The fourth-order valence-electron chi connectivity index (χ4n) is 2.54. The highest BCUT2D eigenvalue weighted by Crippen LogP contribution is 2.12. The summed E-state index contributed by atoms with van der Waals surface area (Å²) in [6, 6.07) is 14.6. The average Bonchev–Trinajstić information content (AvgIpc) is 2.68. The number of rotatable bonds is 10. The van der Waals surface area contributed by atoms with Gasteiger partial charge in [-0.15, -0.1) is 0 Å². The van der Waals surface area contributed by atoms with Crippen LogP contribution in [0.2, 0.25) is 0 Å². The number of hydrogen-bond acceptors (Lipinski definition) is 4. The minimum Gasteiger partial charge on any atom is -0.355 e. The van der Waals surface area contributed by atoms with Gasteiger partial charge < -0.3 is 5.32 Å². The van der Waals surface area contributed by atoms with Crippen LogP contribution < -0.4 is 10.0 Å². The monoisotopic (exact) mass is 401 g/mol. The zero-order valence-corrected chi connectivity index (χ0v) is 16.4. The Morgan fingerprint density at radius 2 is 1.82 bits per heavy atom. The van der Waals surface area contributed by atoms with Crippen molar-refractivity contribution in [2.75, 3.05) is 13.1 Å². The molecule has 8 nitrogen and oxygen atoms in total. The lowest BCUT2D eigenvalue weighted by Gasteiger charge is -2.19. The summed E-state index contributed by atoms with van der Waals surface area (Å²) < 4.78 is 27.9. The lowest BCUT2D eigenvalue weighted by atomic mass is 10.1. The fourth-order valence-corrected chi connectivity index (χ4v) is 3.74. The third kappa shape index (κ3) is 6.70. The molecule has 0 saturated heterocycles. The van der Waals surface area contributed by atoms with E-state index in [2.05, 4.69) is 20.1 Å². The van der Waals surface area contributed by atoms with E-state index in [-0.39, 0.29) is 24.4 Å². The molecule has 1 amide bonds. The summed E-state index contributed by atoms with van der Waals surface area (Å²) in [5.41, 5.74) is 10.1. The molecule has 0 aliphatic heterocycles. The first-order valence-corrected chi connectivity index (χ1v) is 10.3. The average molecular weight is 401 g/mol. The first-order chi connectivity index (χ1) is 13.4. The largest absolute Gasteiger partial charge is 0.355 e. The molecule has 0 bridgehead atoms. The lowest BCUT2D eigenvalue weighted by molar-refractivity contribution is -0.122. The first kappa shape index (κ1) is 21.4. The molecule has 0 aromatic heterocycles. The van der Waals surface area contributed by atoms with Crippen LogP contribution in [-0.4, -0.2) is 33.5 Å². The van der Waals surface area contributed by atoms with Gasteiger partial charge in [-0.3, -0.25) is 4.79 Å². The van der Waals surface area contributed by atoms with E-state index in [0.717, 1.165) is 11.1 Å². The molecule has 148 valence electrons. The van der Waals surface area contributed by atoms with Crippen LogP contribution in [0.3, 0.4) is 0 Å². The molecule has 0 saturated carbocycles. The summed E-state index contributed by atoms with van der Waals surface area (Å²) >= 11 is 0. The summed E-state index contributed by atoms with van der Waals surface area (Å²) in [5.74, 6) is -0.430. The molecule has 1 atom stereocenters. The number of sulfonamides is 1. The number of amides is 1. The van der Waals surface area contributed by atoms with Crippen molar-refractivity contribution in [3.8, 4) is 0 Å². The highest BCUT2D eigenvalue weighted by molar-refractivity contribution is 7.89. The van der Waals surface area contributed by atoms with Gasteiger partial charge >= 0.3 is 0 Å². The van der Waals surface area contributed by atoms with Crippen LogP contribution in [0, 0.1) is 6.92 Å². The Bertz CT molecular complexity index is 924. The molecule has 2 N–H and O–H groups in total. The second kappa shape index (κ2) is 10.5. The second-order valence-corrected chi connectivity index (χ2v) is 7.99. The predicted octanol–water partition coefficient (Wildman–Crippen LogP) is 2.70. The molecule has 0 unspecified atom stereocenters. The van der Waals surface area contributed by atoms with Crippen molar-refractivity contribution in [1.82, 2.24) is 10.0 Å². The van der Waals surface area contributed by atoms with Gasteiger partial charge in [0.25, 0.3) is 0 Å². The van der Waals surface area contributed by atoms with Gasteiger partial charge in [-0.25, -0.2) is 8.42 Å². The van der Waals surface area contributed by atoms with Crippen LogP contribution in [-0.2, 0) is 21.2 Å². The predicted molar refractivity (Wildman–Crippen MR) is 107 cm³/mol. The normalized spacial score (nSPS) is 12.0. The van der Waals surface area contributed by atoms with Gasteiger partial charge in [-0.05, 0) is 43.0 Å². The summed E-state index contributed by atoms with van der Waals surface area (Å²) in [7, 11) is -3.86. The summed E-state index contributed by atoms with van der Waals surface area (Å²) in [6.07, 6.45) is 0.687. The number of benzene rings is 2. The fraction of sp³-hybridized carbons (Fsp3) is 0.316. The Labute approximate surface area is 164 Å². The van der Waals surface area contributed by atoms with Crippen molar-refractivity contribution in [2.24, 2.45) is 5.11 Å². The van der Waals surface area contributed by atoms with Crippen molar-refractivity contribution in [1.29, 1.82) is 0 Å². The van der Waals surface area contributed by atoms with Crippen molar-refractivity contribution >= 4 is 15.9 Å². The topological polar surface area (TPSA) is 124 Å². The molecule has 2 aromatic rings. The number of azide groups is 1. The Hall–Kier alpha value is -2.87. The standard InChI is InChI=1S/C19H23N5O3S/c1-15-8-10-17(11-9-15)28(26,27)23-18(14-16-6-3-2-4-7-16)19(25)21-12-5-13-22-24-20/h2-4,6-11,18,23H,5,12-14H2,1H3,(H,21,25)/t18-/m0/s1. The molecule has 2 aromatic carbocycles. The Morgan fingerprint density at radius 1 is 1.14 bits per heavy atom. The van der Waals surface area contributed by atoms with Crippen LogP contribution in [0.25, 0.3) is 10.4 Å². The minimum absolute atomic E-state index is 0.104. The number of hydrogen-bond donors (Lipinski definition) is 2. The zero-order valence-electron chi connectivity index (χ0n) is 15.6. The molecule has 0 radical (unpaired) electrons. The van der Waals surface area contributed by atoms with E-state index in [1.807, 2.05) is 37.3 Å². The Morgan fingerprint density at radius 3 is 2.46 bits per heavy atom. The number of carbonyl (C=O) groups is 1. The maximum atomic E-state index is 12.7. The van der Waals surface area contributed by atoms with Gasteiger partial charge in [0, 0.05) is 18.0 Å². The van der Waals surface area contributed by atoms with Crippen LogP contribution in [0.15, 0.2) is 64.6 Å². The van der Waals surface area contributed by atoms with E-state index in [1.165, 1.54) is 12.1 Å². The molecule has 0 fully saturated rings. The third-order valence-electron chi connectivity index (χ3n) is 4.03. The van der Waals surface area contributed by atoms with Gasteiger partial charge in [0.1, 0.15) is 6.04 Å². The van der Waals surface area contributed by atoms with Crippen LogP contribution in [0.4, 0.5) is 0 Å². The van der Waals surface area contributed by atoms with Crippen molar-refractivity contribution in [3.63, 3.8) is 0 Å². The highest BCUT2D eigenvalue weighted by atomic mass is 32.2. The number of aryl methyl sites for hydroxylation is 1. The maximum Gasteiger partial charge on any atom is 0.241 e. The molecule has 0 spiro atoms. The van der Waals surface area contributed by atoms with Gasteiger partial charge in [0.05, 0.1) is 4.90 Å². The molecule has 28 heavy (non-hydrogen) atoms. The molecule has 0 aliphatic carbocycles. The van der Waals surface area contributed by atoms with Gasteiger partial charge in [-0.2, -0.15) is 4.72 Å². The van der Waals surface area contributed by atoms with Crippen LogP contribution >= 0.6 is 0 Å². The smallest absolute Gasteiger partial charge is 0.241 e. The van der Waals surface area contributed by atoms with Gasteiger partial charge in [0.2, 0.25) is 15.9 Å². The van der Waals surface area contributed by atoms with E-state index in [9.17, 15) is 13.2 Å². The Balaban J connectivity index is 2.13. The minimum atomic E-state index is -3.86. The van der Waals surface area contributed by atoms with Crippen molar-refractivity contribution in [2.45, 2.75) is 30.7 Å². The third-order valence-corrected chi connectivity index (χ3v) is 5.51. The number of nitrogens with zero attached hydrogens (tertiary/aromatic N) is 3. The SMILES string of the molecule is Cc1ccc(S(=O)(=O)N[C@@H](Cc2ccccc2)C(=O)NCCCN=[N+]=[N-])cc1. The van der Waals surface area contributed by atoms with E-state index >= 15 is 0 Å². The molecular formula is C19H23N5O3S. The van der Waals surface area contributed by atoms with Crippen LogP contribution in [0.5, 0.6) is 0 Å². The molecular weight excluding hydrogens is 378 g/mol. The van der Waals surface area contributed by atoms with E-state index in [1.54, 1.807) is 12.1 Å². The Kier molecular flexibility index (Phi) is 8.01. The lowest BCUT2D eigenvalue weighted by Crippen LogP contribution is -2.48. The summed E-state index contributed by atoms with van der Waals surface area (Å²) in [4.78, 5) is 15.4. The second-order valence-electron chi connectivity index (χ2n) is 6.28. The van der Waals surface area contributed by atoms with Gasteiger partial charge in [-0.1, -0.05) is 53.1 Å². The van der Waals surface area contributed by atoms with E-state index in [4.69, 9.17) is 5.53 Å². The van der Waals surface area contributed by atoms with E-state index < -0.39 is 22.0 Å². The quantitative estimate of drug-likeness (QED) is 0.275. The van der Waals surface area contributed by atoms with E-state index in [0.29, 0.717) is 6.42 Å². The molecule has 0 aliphatic rings. The summed E-state index contributed by atoms with van der Waals surface area (Å²) in [5, 5.41) is 6.10. The maximum absolute atomic E-state index is 12.7. The molecule has 9 heteroatoms. The zero-order chi connectivity index (χ0) is 20.4. The van der Waals surface area contributed by atoms with Gasteiger partial charge in [0.15, 0.2) is 0 Å². The number of carbonyl (C=O) groups excluding carboxylic acids is 1. The first-order valence-electron chi connectivity index (χ1n) is 8.84. The van der Waals surface area contributed by atoms with Crippen molar-refractivity contribution < 1.29 is 13.2 Å². The van der Waals surface area contributed by atoms with Crippen molar-refractivity contribution in [3.05, 3.63) is 76.2 Å². The molecule has 0 heterocycles. The van der Waals surface area contributed by atoms with Crippen LogP contribution in [0.1, 0.15) is 17.5 Å². The number of nitrogens with one attached hydrogen (secondary N) is 2. The highest BCUT2D eigenvalue weighted by Gasteiger charge is 2.25. The molecule has 2 rings (SSSR count). The summed E-state index contributed by atoms with van der Waals surface area (Å²) in [6.45, 7) is 2.41.